The molecule has 0 saturated carbocycles. The normalized spacial score (nSPS) is 16.8. The smallest absolute Gasteiger partial charge is 0.870 e. The van der Waals surface area contributed by atoms with Crippen molar-refractivity contribution in [2.45, 2.75) is 203 Å². The first kappa shape index (κ1) is 89.9. The van der Waals surface area contributed by atoms with E-state index in [1.807, 2.05) is 163 Å². The maximum absolute atomic E-state index is 14.1. The Morgan fingerprint density at radius 1 is 0.476 bits per heavy atom. The van der Waals surface area contributed by atoms with E-state index in [9.17, 15) is 53.1 Å². The van der Waals surface area contributed by atoms with Crippen molar-refractivity contribution in [1.29, 1.82) is 0 Å². The number of hydrogen-bond donors (Lipinski definition) is 11. The molecule has 2 heterocycles. The number of nitrogens with zero attached hydrogens (tertiary/aromatic N) is 2. The Bertz CT molecular complexity index is 3290. The first-order valence-corrected chi connectivity index (χ1v) is 35.9. The molecule has 2 saturated heterocycles. The van der Waals surface area contributed by atoms with E-state index in [1.165, 1.54) is 7.11 Å². The van der Waals surface area contributed by atoms with Gasteiger partial charge in [-0.1, -0.05) is 163 Å². The molecule has 562 valence electrons. The Labute approximate surface area is 630 Å². The zero-order valence-corrected chi connectivity index (χ0v) is 63.8. The van der Waals surface area contributed by atoms with Crippen molar-refractivity contribution in [1.82, 2.24) is 31.1 Å². The molecule has 0 aromatic heterocycles. The number of nitrogens with one attached hydrogen (secondary N) is 4. The number of carboxylic acids is 1. The standard InChI is InChI=1S/C39H58N6O6.C38H56N6O6.Na.H2O/c1-26(2)23-30(35(47)43-31(17-11-12-20-40)37(49)45-21-18-39(42,19-22-45)38(50)51-4)25-33(46)32(24-28-13-7-5-8-14-28)44-36(48)34(41)27(3)29-15-9-6-10-16-29;1-25(2)22-29(34(46)42-30(16-10-11-19-39)36(48)44-20-17-38(41,18-21-44)37(49)50)24-32(45)31(23-27-12-6-4-7-13-27)43-35(47)33(40)26(3)28-14-8-5-9-15-28;;/h5-10,13-16,26-27,30-32,34H,11-12,17-25,40-42H2,1-4H3,(H,43,47)(H,44,48);4-9,12-15,25-26,29-31,33H,10-11,16-24,39-41H2,1-3H3,(H,42,46)(H,43,47)(H,49,50);;1H2/q;;+1;/p-1/t27-,30+,31-,32-,34-;26-,29+,30-,31-,33-;;/m11../s1. The fourth-order valence-corrected chi connectivity index (χ4v) is 13.0. The summed E-state index contributed by atoms with van der Waals surface area (Å²) in [4.78, 5) is 138. The third-order valence-corrected chi connectivity index (χ3v) is 19.5. The maximum Gasteiger partial charge on any atom is 1.00 e. The van der Waals surface area contributed by atoms with Gasteiger partial charge in [0.2, 0.25) is 35.4 Å². The average molecular weight is 1440 g/mol. The van der Waals surface area contributed by atoms with E-state index >= 15 is 0 Å². The summed E-state index contributed by atoms with van der Waals surface area (Å²) in [6.45, 7) is 13.3. The van der Waals surface area contributed by atoms with E-state index in [1.54, 1.807) is 9.80 Å². The average Bonchev–Trinajstić information content (AvgIpc) is 0.822. The van der Waals surface area contributed by atoms with Crippen molar-refractivity contribution < 1.29 is 92.8 Å². The van der Waals surface area contributed by atoms with Crippen molar-refractivity contribution in [3.05, 3.63) is 144 Å². The summed E-state index contributed by atoms with van der Waals surface area (Å²) in [5, 5.41) is 21.2. The van der Waals surface area contributed by atoms with Crippen LogP contribution in [0.15, 0.2) is 121 Å². The van der Waals surface area contributed by atoms with Gasteiger partial charge >= 0.3 is 41.5 Å². The van der Waals surface area contributed by atoms with Gasteiger partial charge in [0.15, 0.2) is 11.6 Å². The first-order valence-electron chi connectivity index (χ1n) is 35.9. The number of carbonyl (C=O) groups excluding carboxylic acids is 9. The molecule has 0 bridgehead atoms. The number of ether oxygens (including phenoxy) is 1. The molecule has 0 unspecified atom stereocenters. The van der Waals surface area contributed by atoms with Crippen LogP contribution in [0.1, 0.15) is 166 Å². The van der Waals surface area contributed by atoms with Crippen LogP contribution in [0.25, 0.3) is 0 Å². The number of likely N-dealkylation sites (tertiary alicyclic amines) is 2. The number of benzene rings is 4. The van der Waals surface area contributed by atoms with Gasteiger partial charge < -0.3 is 80.8 Å². The number of carboxylic acid groups (broad SMARTS) is 1. The number of methoxy groups -OCH3 is 1. The summed E-state index contributed by atoms with van der Waals surface area (Å²) in [5.74, 6) is -6.51. The SMILES string of the molecule is CC(C)C[C@@H](CC(=O)[C@@H](Cc1ccccc1)NC(=O)[C@H](N)[C@H](C)c1ccccc1)C(=O)N[C@H](CCCCN)C(=O)N1CCC(N)(C(=O)O)CC1.COC(=O)C1(N)CCN(C(=O)[C@@H](CCCCN)NC(=O)[C@H](CC(=O)[C@@H](Cc2ccccc2)NC(=O)[C@H](N)[C@H](C)c2ccccc2)CC(C)C)CC1.[Na+].[OH-]. The minimum atomic E-state index is -1.40. The predicted octanol–water partition coefficient (Wildman–Crippen LogP) is 1.88. The quantitative estimate of drug-likeness (QED) is 0.0173. The van der Waals surface area contributed by atoms with E-state index in [0.717, 1.165) is 22.3 Å². The number of Topliss-reactive ketones (excluding diaryl/α,β-unsaturated/α-hetero) is 2. The van der Waals surface area contributed by atoms with Crippen LogP contribution in [0.4, 0.5) is 0 Å². The van der Waals surface area contributed by atoms with Crippen LogP contribution >= 0.6 is 0 Å². The molecule has 103 heavy (non-hydrogen) atoms. The second kappa shape index (κ2) is 45.2. The van der Waals surface area contributed by atoms with Gasteiger partial charge in [-0.3, -0.25) is 47.9 Å². The molecule has 6 amide bonds. The Morgan fingerprint density at radius 2 is 0.786 bits per heavy atom. The molecule has 10 atom stereocenters. The van der Waals surface area contributed by atoms with Gasteiger partial charge in [0.1, 0.15) is 23.2 Å². The zero-order valence-electron chi connectivity index (χ0n) is 61.8. The molecule has 4 aromatic rings. The molecule has 2 fully saturated rings. The first-order chi connectivity index (χ1) is 48.0. The topological polar surface area (TPSA) is 441 Å². The monoisotopic (exact) mass is 1440 g/mol. The molecule has 4 aromatic carbocycles. The molecule has 18 N–H and O–H groups in total. The van der Waals surface area contributed by atoms with Crippen LogP contribution < -0.4 is 85.2 Å². The van der Waals surface area contributed by atoms with Crippen molar-refractivity contribution in [2.24, 2.45) is 58.1 Å². The van der Waals surface area contributed by atoms with Crippen LogP contribution in [0.5, 0.6) is 0 Å². The van der Waals surface area contributed by atoms with Gasteiger partial charge in [-0.2, -0.15) is 0 Å². The van der Waals surface area contributed by atoms with Gasteiger partial charge in [-0.15, -0.1) is 0 Å². The van der Waals surface area contributed by atoms with E-state index in [-0.39, 0.29) is 160 Å². The summed E-state index contributed by atoms with van der Waals surface area (Å²) < 4.78 is 4.86. The van der Waals surface area contributed by atoms with E-state index in [0.29, 0.717) is 64.5 Å². The number of carbonyl (C=O) groups is 10. The number of amides is 6. The largest absolute Gasteiger partial charge is 1.00 e. The molecule has 2 aliphatic rings. The molecule has 0 spiro atoms. The minimum absolute atomic E-state index is 0. The summed E-state index contributed by atoms with van der Waals surface area (Å²) in [5.41, 5.74) is 37.5. The molecule has 2 aliphatic heterocycles. The molecule has 6 rings (SSSR count). The van der Waals surface area contributed by atoms with Crippen LogP contribution in [0.2, 0.25) is 0 Å². The maximum atomic E-state index is 14.1. The van der Waals surface area contributed by atoms with Crippen LogP contribution in [-0.2, 0) is 65.5 Å². The van der Waals surface area contributed by atoms with Gasteiger partial charge in [-0.25, -0.2) is 0 Å². The van der Waals surface area contributed by atoms with Crippen molar-refractivity contribution in [3.63, 3.8) is 0 Å². The fraction of sp³-hybridized carbons (Fsp3) is 0.558. The molecular formula is C77H115N12NaO13. The van der Waals surface area contributed by atoms with Crippen LogP contribution in [-0.4, -0.2) is 173 Å². The zero-order chi connectivity index (χ0) is 74.4. The van der Waals surface area contributed by atoms with E-state index < -0.39 is 94.7 Å². The van der Waals surface area contributed by atoms with Gasteiger partial charge in [-0.05, 0) is 137 Å². The van der Waals surface area contributed by atoms with Gasteiger partial charge in [0.25, 0.3) is 0 Å². The Morgan fingerprint density at radius 3 is 1.09 bits per heavy atom. The predicted molar refractivity (Wildman–Crippen MR) is 392 cm³/mol. The third-order valence-electron chi connectivity index (χ3n) is 19.5. The summed E-state index contributed by atoms with van der Waals surface area (Å²) >= 11 is 0. The number of unbranched alkanes of at least 4 members (excludes halogenated alkanes) is 2. The van der Waals surface area contributed by atoms with Crippen molar-refractivity contribution in [2.75, 3.05) is 46.4 Å². The minimum Gasteiger partial charge on any atom is -0.870 e. The summed E-state index contributed by atoms with van der Waals surface area (Å²) in [7, 11) is 1.29. The van der Waals surface area contributed by atoms with Crippen LogP contribution in [0, 0.1) is 23.7 Å². The number of hydrogen-bond acceptors (Lipinski definition) is 18. The second-order valence-electron chi connectivity index (χ2n) is 28.4. The van der Waals surface area contributed by atoms with E-state index in [2.05, 4.69) is 21.3 Å². The molecule has 26 heteroatoms. The number of rotatable bonds is 38. The van der Waals surface area contributed by atoms with E-state index in [4.69, 9.17) is 39.1 Å². The molecular weight excluding hydrogens is 1320 g/mol. The summed E-state index contributed by atoms with van der Waals surface area (Å²) in [6.07, 6.45) is 4.90. The van der Waals surface area contributed by atoms with Gasteiger partial charge in [0.05, 0.1) is 31.3 Å². The third kappa shape index (κ3) is 28.6. The number of aliphatic carboxylic acids is 1. The van der Waals surface area contributed by atoms with Crippen LogP contribution in [0.3, 0.4) is 0 Å². The number of nitrogens with two attached hydrogens (primary N) is 6. The van der Waals surface area contributed by atoms with Gasteiger partial charge in [0, 0.05) is 62.7 Å². The molecule has 25 nitrogen and oxygen atoms in total. The Hall–Kier alpha value is -7.30. The number of piperidine rings is 2. The fourth-order valence-electron chi connectivity index (χ4n) is 13.0. The molecule has 0 aliphatic carbocycles. The number of esters is 1. The van der Waals surface area contributed by atoms with Crippen molar-refractivity contribution >= 4 is 58.9 Å². The van der Waals surface area contributed by atoms with Crippen molar-refractivity contribution in [3.8, 4) is 0 Å². The molecule has 0 radical (unpaired) electrons. The number of ketones is 2. The Balaban J connectivity index is 0.000000525. The second-order valence-corrected chi connectivity index (χ2v) is 28.4. The Kier molecular flexibility index (Phi) is 39.4. The summed E-state index contributed by atoms with van der Waals surface area (Å²) in [6, 6.07) is 32.3.